The van der Waals surface area contributed by atoms with Crippen LogP contribution in [-0.4, -0.2) is 15.7 Å². The Morgan fingerprint density at radius 2 is 1.81 bits per heavy atom. The number of carbonyl (C=O) groups is 1. The lowest BCUT2D eigenvalue weighted by Crippen LogP contribution is -2.14. The fraction of sp³-hybridized carbons (Fsp3) is 0.0588. The van der Waals surface area contributed by atoms with Crippen molar-refractivity contribution >= 4 is 11.7 Å². The lowest BCUT2D eigenvalue weighted by atomic mass is 10.1. The van der Waals surface area contributed by atoms with Gasteiger partial charge in [-0.3, -0.25) is 4.79 Å². The van der Waals surface area contributed by atoms with Crippen LogP contribution in [0.5, 0.6) is 0 Å². The molecule has 3 rings (SSSR count). The molecule has 134 valence electrons. The highest BCUT2D eigenvalue weighted by Crippen LogP contribution is 2.29. The Bertz CT molecular complexity index is 965. The van der Waals surface area contributed by atoms with E-state index in [0.29, 0.717) is 12.1 Å². The van der Waals surface area contributed by atoms with Crippen LogP contribution in [-0.2, 0) is 6.18 Å². The number of hydrogen-bond acceptors (Lipinski definition) is 2. The molecule has 0 saturated heterocycles. The number of nitrogens with zero attached hydrogens (tertiary/aromatic N) is 2. The second kappa shape index (κ2) is 6.58. The molecule has 0 aliphatic carbocycles. The van der Waals surface area contributed by atoms with Gasteiger partial charge in [-0.05, 0) is 30.3 Å². The zero-order valence-electron chi connectivity index (χ0n) is 12.9. The minimum atomic E-state index is -4.57. The van der Waals surface area contributed by atoms with Crippen molar-refractivity contribution in [1.82, 2.24) is 9.78 Å². The van der Waals surface area contributed by atoms with Gasteiger partial charge in [0.1, 0.15) is 11.5 Å². The molecular weight excluding hydrogens is 357 g/mol. The van der Waals surface area contributed by atoms with Crippen molar-refractivity contribution in [1.29, 1.82) is 0 Å². The van der Waals surface area contributed by atoms with Gasteiger partial charge in [-0.1, -0.05) is 6.07 Å². The monoisotopic (exact) mass is 367 g/mol. The van der Waals surface area contributed by atoms with Gasteiger partial charge in [0.2, 0.25) is 0 Å². The molecule has 0 aliphatic heterocycles. The quantitative estimate of drug-likeness (QED) is 0.697. The van der Waals surface area contributed by atoms with E-state index in [-0.39, 0.29) is 17.1 Å². The number of rotatable bonds is 3. The van der Waals surface area contributed by atoms with Crippen molar-refractivity contribution in [3.8, 4) is 5.69 Å². The summed E-state index contributed by atoms with van der Waals surface area (Å²) in [7, 11) is 0. The van der Waals surface area contributed by atoms with Crippen LogP contribution in [0, 0.1) is 11.6 Å². The normalized spacial score (nSPS) is 11.4. The molecule has 0 saturated carbocycles. The third-order valence-corrected chi connectivity index (χ3v) is 3.44. The van der Waals surface area contributed by atoms with Crippen molar-refractivity contribution < 1.29 is 26.7 Å². The molecule has 0 unspecified atom stereocenters. The largest absolute Gasteiger partial charge is 0.416 e. The first-order chi connectivity index (χ1) is 12.2. The molecule has 1 N–H and O–H groups in total. The highest BCUT2D eigenvalue weighted by atomic mass is 19.4. The highest BCUT2D eigenvalue weighted by Gasteiger charge is 2.30. The van der Waals surface area contributed by atoms with E-state index in [2.05, 4.69) is 10.4 Å². The van der Waals surface area contributed by atoms with E-state index in [1.165, 1.54) is 18.3 Å². The van der Waals surface area contributed by atoms with Gasteiger partial charge < -0.3 is 5.32 Å². The summed E-state index contributed by atoms with van der Waals surface area (Å²) >= 11 is 0. The maximum absolute atomic E-state index is 13.7. The summed E-state index contributed by atoms with van der Waals surface area (Å²) in [5.74, 6) is -2.42. The minimum absolute atomic E-state index is 0.00358. The number of nitrogens with one attached hydrogen (secondary N) is 1. The van der Waals surface area contributed by atoms with Gasteiger partial charge in [0.15, 0.2) is 11.6 Å². The number of carbonyl (C=O) groups excluding carboxylic acids is 1. The fourth-order valence-electron chi connectivity index (χ4n) is 2.22. The SMILES string of the molecule is O=C(Nc1ccn(-c2ccc(F)cc2F)n1)c1cccc(C(F)(F)F)c1. The molecule has 9 heteroatoms. The second-order valence-corrected chi connectivity index (χ2v) is 5.27. The Hall–Kier alpha value is -3.23. The molecule has 1 aromatic heterocycles. The van der Waals surface area contributed by atoms with Crippen LogP contribution in [0.4, 0.5) is 27.8 Å². The number of benzene rings is 2. The van der Waals surface area contributed by atoms with Gasteiger partial charge in [-0.25, -0.2) is 13.5 Å². The van der Waals surface area contributed by atoms with Crippen LogP contribution in [0.1, 0.15) is 15.9 Å². The first-order valence-electron chi connectivity index (χ1n) is 7.24. The predicted molar refractivity (Wildman–Crippen MR) is 82.9 cm³/mol. The lowest BCUT2D eigenvalue weighted by molar-refractivity contribution is -0.137. The Labute approximate surface area is 143 Å². The van der Waals surface area contributed by atoms with Gasteiger partial charge in [-0.15, -0.1) is 5.10 Å². The van der Waals surface area contributed by atoms with Crippen LogP contribution in [0.3, 0.4) is 0 Å². The predicted octanol–water partition coefficient (Wildman–Crippen LogP) is 4.42. The molecule has 0 atom stereocenters. The van der Waals surface area contributed by atoms with E-state index in [0.717, 1.165) is 28.9 Å². The van der Waals surface area contributed by atoms with Gasteiger partial charge >= 0.3 is 6.18 Å². The van der Waals surface area contributed by atoms with E-state index in [9.17, 15) is 26.7 Å². The third kappa shape index (κ3) is 3.71. The smallest absolute Gasteiger partial charge is 0.305 e. The molecule has 1 heterocycles. The van der Waals surface area contributed by atoms with E-state index in [1.54, 1.807) is 0 Å². The van der Waals surface area contributed by atoms with E-state index >= 15 is 0 Å². The molecule has 26 heavy (non-hydrogen) atoms. The summed E-state index contributed by atoms with van der Waals surface area (Å²) in [4.78, 5) is 12.1. The Balaban J connectivity index is 1.80. The van der Waals surface area contributed by atoms with Crippen LogP contribution in [0.15, 0.2) is 54.7 Å². The first kappa shape index (κ1) is 17.6. The summed E-state index contributed by atoms with van der Waals surface area (Å²) < 4.78 is 65.9. The molecule has 3 aromatic rings. The summed E-state index contributed by atoms with van der Waals surface area (Å²) in [5, 5.41) is 6.23. The maximum Gasteiger partial charge on any atom is 0.416 e. The fourth-order valence-corrected chi connectivity index (χ4v) is 2.22. The van der Waals surface area contributed by atoms with Crippen molar-refractivity contribution in [2.75, 3.05) is 5.32 Å². The summed E-state index contributed by atoms with van der Waals surface area (Å²) in [5.41, 5.74) is -1.21. The second-order valence-electron chi connectivity index (χ2n) is 5.27. The van der Waals surface area contributed by atoms with Gasteiger partial charge in [0.05, 0.1) is 5.56 Å². The van der Waals surface area contributed by atoms with E-state index in [1.807, 2.05) is 0 Å². The maximum atomic E-state index is 13.7. The molecule has 0 radical (unpaired) electrons. The molecule has 0 fully saturated rings. The number of alkyl halides is 3. The third-order valence-electron chi connectivity index (χ3n) is 3.44. The standard InChI is InChI=1S/C17H10F5N3O/c18-12-4-5-14(13(19)9-12)25-7-6-15(24-25)23-16(26)10-2-1-3-11(8-10)17(20,21)22/h1-9H,(H,23,24,26). The highest BCUT2D eigenvalue weighted by molar-refractivity contribution is 6.03. The van der Waals surface area contributed by atoms with E-state index < -0.39 is 29.3 Å². The Morgan fingerprint density at radius 1 is 1.04 bits per heavy atom. The molecule has 2 aromatic carbocycles. The lowest BCUT2D eigenvalue weighted by Gasteiger charge is -2.08. The molecule has 4 nitrogen and oxygen atoms in total. The average molecular weight is 367 g/mol. The number of amides is 1. The van der Waals surface area contributed by atoms with Crippen LogP contribution < -0.4 is 5.32 Å². The van der Waals surface area contributed by atoms with E-state index in [4.69, 9.17) is 0 Å². The topological polar surface area (TPSA) is 46.9 Å². The van der Waals surface area contributed by atoms with Gasteiger partial charge in [0.25, 0.3) is 5.91 Å². The van der Waals surface area contributed by atoms with Crippen LogP contribution >= 0.6 is 0 Å². The molecule has 1 amide bonds. The van der Waals surface area contributed by atoms with Crippen LogP contribution in [0.25, 0.3) is 5.69 Å². The Morgan fingerprint density at radius 3 is 2.50 bits per heavy atom. The van der Waals surface area contributed by atoms with Crippen molar-refractivity contribution in [3.63, 3.8) is 0 Å². The van der Waals surface area contributed by atoms with Crippen molar-refractivity contribution in [2.24, 2.45) is 0 Å². The van der Waals surface area contributed by atoms with Crippen molar-refractivity contribution in [2.45, 2.75) is 6.18 Å². The first-order valence-corrected chi connectivity index (χ1v) is 7.24. The average Bonchev–Trinajstić information content (AvgIpc) is 3.02. The molecule has 0 aliphatic rings. The van der Waals surface area contributed by atoms with Gasteiger partial charge in [0, 0.05) is 23.9 Å². The summed E-state index contributed by atoms with van der Waals surface area (Å²) in [6, 6.07) is 8.11. The zero-order chi connectivity index (χ0) is 18.9. The number of halogens is 5. The molecule has 0 bridgehead atoms. The molecule has 0 spiro atoms. The zero-order valence-corrected chi connectivity index (χ0v) is 12.9. The number of anilines is 1. The van der Waals surface area contributed by atoms with Crippen LogP contribution in [0.2, 0.25) is 0 Å². The number of aromatic nitrogens is 2. The summed E-state index contributed by atoms with van der Waals surface area (Å²) in [6.07, 6.45) is -3.25. The minimum Gasteiger partial charge on any atom is -0.305 e. The van der Waals surface area contributed by atoms with Gasteiger partial charge in [-0.2, -0.15) is 13.2 Å². The van der Waals surface area contributed by atoms with Crippen molar-refractivity contribution in [3.05, 3.63) is 77.5 Å². The Kier molecular flexibility index (Phi) is 4.45. The molecular formula is C17H10F5N3O. The summed E-state index contributed by atoms with van der Waals surface area (Å²) in [6.45, 7) is 0. The number of hydrogen-bond donors (Lipinski definition) is 1.